The fraction of sp³-hybridized carbons (Fsp3) is 0.312. The van der Waals surface area contributed by atoms with Gasteiger partial charge in [0.1, 0.15) is 6.23 Å². The molecule has 3 N–H and O–H groups in total. The number of aryl methyl sites for hydroxylation is 2. The van der Waals surface area contributed by atoms with Crippen LogP contribution in [0.2, 0.25) is 0 Å². The van der Waals surface area contributed by atoms with Gasteiger partial charge in [0.05, 0.1) is 6.20 Å². The van der Waals surface area contributed by atoms with Crippen molar-refractivity contribution in [2.45, 2.75) is 32.0 Å². The second kappa shape index (κ2) is 5.60. The summed E-state index contributed by atoms with van der Waals surface area (Å²) < 4.78 is 5.04. The van der Waals surface area contributed by atoms with Crippen molar-refractivity contribution in [2.24, 2.45) is 0 Å². The second-order valence-electron chi connectivity index (χ2n) is 5.74. The molecule has 0 bridgehead atoms. The number of nitrogens with zero attached hydrogens (tertiary/aromatic N) is 3. The molecule has 1 aliphatic rings. The van der Waals surface area contributed by atoms with Crippen LogP contribution in [-0.2, 0) is 6.42 Å². The lowest BCUT2D eigenvalue weighted by molar-refractivity contribution is 0.123. The number of hydrogen-bond acceptors (Lipinski definition) is 6. The van der Waals surface area contributed by atoms with Crippen LogP contribution in [0.15, 0.2) is 35.1 Å². The van der Waals surface area contributed by atoms with E-state index in [0.717, 1.165) is 24.0 Å². The number of rotatable bonds is 4. The molecular formula is C16H17N5O2. The highest BCUT2D eigenvalue weighted by molar-refractivity contribution is 5.58. The third kappa shape index (κ3) is 2.64. The van der Waals surface area contributed by atoms with Gasteiger partial charge in [0.15, 0.2) is 0 Å². The van der Waals surface area contributed by atoms with Crippen molar-refractivity contribution in [3.05, 3.63) is 53.2 Å². The van der Waals surface area contributed by atoms with Crippen molar-refractivity contribution < 1.29 is 9.63 Å². The fourth-order valence-electron chi connectivity index (χ4n) is 3.04. The molecule has 2 atom stereocenters. The van der Waals surface area contributed by atoms with Gasteiger partial charge in [-0.25, -0.2) is 0 Å². The molecule has 1 unspecified atom stereocenters. The predicted molar refractivity (Wildman–Crippen MR) is 82.2 cm³/mol. The number of benzene rings is 1. The van der Waals surface area contributed by atoms with E-state index in [1.54, 1.807) is 19.3 Å². The lowest BCUT2D eigenvalue weighted by Crippen LogP contribution is -2.24. The Labute approximate surface area is 132 Å². The van der Waals surface area contributed by atoms with E-state index >= 15 is 0 Å². The molecule has 23 heavy (non-hydrogen) atoms. The average molecular weight is 311 g/mol. The largest absolute Gasteiger partial charge is 0.374 e. The summed E-state index contributed by atoms with van der Waals surface area (Å²) in [5, 5.41) is 24.0. The zero-order valence-electron chi connectivity index (χ0n) is 12.7. The third-order valence-electron chi connectivity index (χ3n) is 4.20. The molecule has 2 aromatic heterocycles. The SMILES string of the molecule is Cc1nc(-c2ccc3c(c2)CC[C@H]3NC(O)c2cn[nH]c2)no1. The number of aliphatic hydroxyl groups excluding tert-OH is 1. The van der Waals surface area contributed by atoms with Gasteiger partial charge in [-0.2, -0.15) is 10.1 Å². The first-order valence-electron chi connectivity index (χ1n) is 7.57. The quantitative estimate of drug-likeness (QED) is 0.638. The van der Waals surface area contributed by atoms with E-state index in [-0.39, 0.29) is 6.04 Å². The smallest absolute Gasteiger partial charge is 0.223 e. The van der Waals surface area contributed by atoms with Crippen molar-refractivity contribution in [1.29, 1.82) is 0 Å². The molecule has 0 saturated carbocycles. The maximum atomic E-state index is 10.2. The van der Waals surface area contributed by atoms with E-state index < -0.39 is 6.23 Å². The van der Waals surface area contributed by atoms with Gasteiger partial charge in [0.2, 0.25) is 11.7 Å². The summed E-state index contributed by atoms with van der Waals surface area (Å²) in [6.45, 7) is 1.78. The summed E-state index contributed by atoms with van der Waals surface area (Å²) in [5.41, 5.74) is 4.15. The number of aliphatic hydroxyl groups is 1. The first kappa shape index (κ1) is 14.1. The summed E-state index contributed by atoms with van der Waals surface area (Å²) in [4.78, 5) is 4.26. The van der Waals surface area contributed by atoms with Crippen LogP contribution < -0.4 is 5.32 Å². The molecule has 0 radical (unpaired) electrons. The van der Waals surface area contributed by atoms with Crippen LogP contribution in [0, 0.1) is 6.92 Å². The molecule has 7 nitrogen and oxygen atoms in total. The Morgan fingerprint density at radius 1 is 1.43 bits per heavy atom. The maximum Gasteiger partial charge on any atom is 0.223 e. The van der Waals surface area contributed by atoms with Crippen LogP contribution in [0.5, 0.6) is 0 Å². The van der Waals surface area contributed by atoms with Gasteiger partial charge in [0.25, 0.3) is 0 Å². The van der Waals surface area contributed by atoms with Crippen LogP contribution in [-0.4, -0.2) is 25.4 Å². The lowest BCUT2D eigenvalue weighted by atomic mass is 10.0. The topological polar surface area (TPSA) is 99.9 Å². The molecule has 2 heterocycles. The number of fused-ring (bicyclic) bond motifs is 1. The fourth-order valence-corrected chi connectivity index (χ4v) is 3.04. The van der Waals surface area contributed by atoms with Gasteiger partial charge in [-0.15, -0.1) is 0 Å². The van der Waals surface area contributed by atoms with Crippen LogP contribution in [0.4, 0.5) is 0 Å². The Bertz CT molecular complexity index is 812. The number of H-pyrrole nitrogens is 1. The Morgan fingerprint density at radius 2 is 2.35 bits per heavy atom. The van der Waals surface area contributed by atoms with Crippen molar-refractivity contribution in [2.75, 3.05) is 0 Å². The van der Waals surface area contributed by atoms with Gasteiger partial charge < -0.3 is 9.63 Å². The molecule has 7 heteroatoms. The van der Waals surface area contributed by atoms with Gasteiger partial charge in [0, 0.05) is 30.3 Å². The van der Waals surface area contributed by atoms with Gasteiger partial charge in [-0.3, -0.25) is 10.4 Å². The summed E-state index contributed by atoms with van der Waals surface area (Å²) >= 11 is 0. The van der Waals surface area contributed by atoms with Gasteiger partial charge in [-0.05, 0) is 30.0 Å². The highest BCUT2D eigenvalue weighted by atomic mass is 16.5. The molecule has 0 aliphatic heterocycles. The second-order valence-corrected chi connectivity index (χ2v) is 5.74. The summed E-state index contributed by atoms with van der Waals surface area (Å²) in [6, 6.07) is 6.29. The van der Waals surface area contributed by atoms with Crippen molar-refractivity contribution in [3.63, 3.8) is 0 Å². The van der Waals surface area contributed by atoms with E-state index in [0.29, 0.717) is 11.7 Å². The normalized spacial score (nSPS) is 18.1. The first-order valence-corrected chi connectivity index (χ1v) is 7.57. The standard InChI is InChI=1S/C16H17N5O2/c1-9-19-15(21-23-9)11-2-4-13-10(6-11)3-5-14(13)20-16(22)12-7-17-18-8-12/h2,4,6-8,14,16,20,22H,3,5H2,1H3,(H,17,18)/t14-,16?/m1/s1. The maximum absolute atomic E-state index is 10.2. The van der Waals surface area contributed by atoms with Gasteiger partial charge >= 0.3 is 0 Å². The average Bonchev–Trinajstić information content (AvgIpc) is 3.27. The Balaban J connectivity index is 1.55. The molecule has 1 aliphatic carbocycles. The Kier molecular flexibility index (Phi) is 3.44. The van der Waals surface area contributed by atoms with E-state index in [2.05, 4.69) is 37.8 Å². The van der Waals surface area contributed by atoms with Gasteiger partial charge in [-0.1, -0.05) is 17.3 Å². The minimum absolute atomic E-state index is 0.121. The van der Waals surface area contributed by atoms with Crippen molar-refractivity contribution in [3.8, 4) is 11.4 Å². The first-order chi connectivity index (χ1) is 11.2. The summed E-state index contributed by atoms with van der Waals surface area (Å²) in [6.07, 6.45) is 4.48. The number of aromatic amines is 1. The lowest BCUT2D eigenvalue weighted by Gasteiger charge is -2.18. The van der Waals surface area contributed by atoms with E-state index in [1.165, 1.54) is 11.1 Å². The number of nitrogens with one attached hydrogen (secondary N) is 2. The van der Waals surface area contributed by atoms with E-state index in [4.69, 9.17) is 4.52 Å². The molecule has 0 saturated heterocycles. The molecule has 4 rings (SSSR count). The zero-order chi connectivity index (χ0) is 15.8. The highest BCUT2D eigenvalue weighted by Crippen LogP contribution is 2.34. The molecule has 0 spiro atoms. The van der Waals surface area contributed by atoms with E-state index in [1.807, 2.05) is 6.07 Å². The van der Waals surface area contributed by atoms with Crippen LogP contribution in [0.1, 0.15) is 41.3 Å². The Hall–Kier alpha value is -2.51. The van der Waals surface area contributed by atoms with Crippen molar-refractivity contribution >= 4 is 0 Å². The molecule has 118 valence electrons. The minimum Gasteiger partial charge on any atom is -0.374 e. The van der Waals surface area contributed by atoms with E-state index in [9.17, 15) is 5.11 Å². The third-order valence-corrected chi connectivity index (χ3v) is 4.20. The predicted octanol–water partition coefficient (Wildman–Crippen LogP) is 2.04. The molecule has 3 aromatic rings. The molecule has 0 fully saturated rings. The van der Waals surface area contributed by atoms with Crippen molar-refractivity contribution in [1.82, 2.24) is 25.7 Å². The number of hydrogen-bond donors (Lipinski definition) is 3. The minimum atomic E-state index is -0.732. The summed E-state index contributed by atoms with van der Waals surface area (Å²) in [5.74, 6) is 1.17. The monoisotopic (exact) mass is 311 g/mol. The van der Waals surface area contributed by atoms with Crippen LogP contribution in [0.3, 0.4) is 0 Å². The zero-order valence-corrected chi connectivity index (χ0v) is 12.7. The molecule has 1 aromatic carbocycles. The van der Waals surface area contributed by atoms with Crippen LogP contribution >= 0.6 is 0 Å². The molecular weight excluding hydrogens is 294 g/mol. The highest BCUT2D eigenvalue weighted by Gasteiger charge is 2.25. The Morgan fingerprint density at radius 3 is 3.09 bits per heavy atom. The molecule has 0 amide bonds. The summed E-state index contributed by atoms with van der Waals surface area (Å²) in [7, 11) is 0. The number of aromatic nitrogens is 4. The van der Waals surface area contributed by atoms with Crippen LogP contribution in [0.25, 0.3) is 11.4 Å².